The minimum absolute atomic E-state index is 0.664. The maximum Gasteiger partial charge on any atom is 0.159 e. The van der Waals surface area contributed by atoms with Gasteiger partial charge >= 0.3 is 0 Å². The molecule has 0 bridgehead atoms. The van der Waals surface area contributed by atoms with E-state index in [1.165, 1.54) is 37.0 Å². The number of hydrogen-bond donors (Lipinski definition) is 1. The normalized spacial score (nSPS) is 16.7. The molecule has 5 heteroatoms. The molecule has 4 nitrogen and oxygen atoms in total. The lowest BCUT2D eigenvalue weighted by atomic mass is 9.87. The number of hydrogen-bond acceptors (Lipinski definition) is 4. The summed E-state index contributed by atoms with van der Waals surface area (Å²) in [5.74, 6) is 1.66. The van der Waals surface area contributed by atoms with Gasteiger partial charge in [0, 0.05) is 30.7 Å². The summed E-state index contributed by atoms with van der Waals surface area (Å²) in [4.78, 5) is 10.8. The summed E-state index contributed by atoms with van der Waals surface area (Å²) in [6.07, 6.45) is 11.4. The molecule has 1 aliphatic rings. The van der Waals surface area contributed by atoms with Crippen LogP contribution < -0.4 is 5.73 Å². The fourth-order valence-corrected chi connectivity index (χ4v) is 4.25. The van der Waals surface area contributed by atoms with Crippen molar-refractivity contribution in [3.63, 3.8) is 0 Å². The van der Waals surface area contributed by atoms with E-state index in [0.717, 1.165) is 22.9 Å². The summed E-state index contributed by atoms with van der Waals surface area (Å²) >= 11 is 1.85. The third-order valence-corrected chi connectivity index (χ3v) is 5.34. The molecule has 0 aliphatic heterocycles. The summed E-state index contributed by atoms with van der Waals surface area (Å²) in [5, 5.41) is 1.16. The van der Waals surface area contributed by atoms with Gasteiger partial charge in [-0.15, -0.1) is 11.3 Å². The number of aryl methyl sites for hydroxylation is 1. The summed E-state index contributed by atoms with van der Waals surface area (Å²) < 4.78 is 2.06. The van der Waals surface area contributed by atoms with Crippen LogP contribution in [-0.2, 0) is 13.5 Å². The largest absolute Gasteiger partial charge is 0.333 e. The molecule has 0 radical (unpaired) electrons. The molecule has 2 aromatic heterocycles. The molecule has 1 saturated carbocycles. The second-order valence-corrected chi connectivity index (χ2v) is 6.67. The Hall–Kier alpha value is -1.20. The summed E-state index contributed by atoms with van der Waals surface area (Å²) in [5.41, 5.74) is 6.79. The highest BCUT2D eigenvalue weighted by Gasteiger charge is 2.24. The van der Waals surface area contributed by atoms with Crippen LogP contribution in [0.1, 0.15) is 47.9 Å². The fourth-order valence-electron chi connectivity index (χ4n) is 3.00. The number of nitrogens with two attached hydrogens (primary N) is 1. The first-order chi connectivity index (χ1) is 9.79. The van der Waals surface area contributed by atoms with Gasteiger partial charge in [0.15, 0.2) is 5.82 Å². The lowest BCUT2D eigenvalue weighted by Crippen LogP contribution is -2.05. The molecular formula is C15H22N4S. The molecule has 20 heavy (non-hydrogen) atoms. The van der Waals surface area contributed by atoms with Gasteiger partial charge in [0.25, 0.3) is 0 Å². The molecule has 0 atom stereocenters. The molecule has 3 rings (SSSR count). The molecule has 2 aromatic rings. The van der Waals surface area contributed by atoms with Crippen molar-refractivity contribution in [2.45, 2.75) is 44.4 Å². The van der Waals surface area contributed by atoms with Crippen LogP contribution in [0.25, 0.3) is 11.5 Å². The molecular weight excluding hydrogens is 268 g/mol. The quantitative estimate of drug-likeness (QED) is 0.941. The lowest BCUT2D eigenvalue weighted by molar-refractivity contribution is 0.448. The first-order valence-electron chi connectivity index (χ1n) is 7.47. The van der Waals surface area contributed by atoms with Crippen molar-refractivity contribution in [3.05, 3.63) is 22.3 Å². The van der Waals surface area contributed by atoms with Gasteiger partial charge in [-0.25, -0.2) is 9.97 Å². The van der Waals surface area contributed by atoms with E-state index in [1.54, 1.807) is 0 Å². The minimum Gasteiger partial charge on any atom is -0.333 e. The number of nitrogens with zero attached hydrogens (tertiary/aromatic N) is 3. The van der Waals surface area contributed by atoms with E-state index in [0.29, 0.717) is 12.5 Å². The Morgan fingerprint density at radius 3 is 2.80 bits per heavy atom. The summed E-state index contributed by atoms with van der Waals surface area (Å²) in [6, 6.07) is 0. The fraction of sp³-hybridized carbons (Fsp3) is 0.600. The average molecular weight is 290 g/mol. The van der Waals surface area contributed by atoms with Crippen LogP contribution in [-0.4, -0.2) is 21.1 Å². The van der Waals surface area contributed by atoms with Crippen molar-refractivity contribution in [1.29, 1.82) is 0 Å². The summed E-state index contributed by atoms with van der Waals surface area (Å²) in [6.45, 7) is 0.664. The first kappa shape index (κ1) is 13.8. The van der Waals surface area contributed by atoms with E-state index in [2.05, 4.69) is 9.55 Å². The highest BCUT2D eigenvalue weighted by molar-refractivity contribution is 7.12. The third kappa shape index (κ3) is 2.65. The standard InChI is InChI=1S/C15H22N4S/c1-19-10-9-17-15(19)13-14(11-5-3-2-4-6-11)20-12(18-13)7-8-16/h9-11H,2-8,16H2,1H3. The van der Waals surface area contributed by atoms with Crippen LogP contribution in [0.4, 0.5) is 0 Å². The molecule has 0 amide bonds. The Labute approximate surface area is 124 Å². The molecule has 1 fully saturated rings. The topological polar surface area (TPSA) is 56.7 Å². The van der Waals surface area contributed by atoms with Crippen molar-refractivity contribution in [2.75, 3.05) is 6.54 Å². The van der Waals surface area contributed by atoms with Crippen molar-refractivity contribution < 1.29 is 0 Å². The minimum atomic E-state index is 0.664. The van der Waals surface area contributed by atoms with E-state index < -0.39 is 0 Å². The predicted molar refractivity (Wildman–Crippen MR) is 82.9 cm³/mol. The highest BCUT2D eigenvalue weighted by atomic mass is 32.1. The van der Waals surface area contributed by atoms with Gasteiger partial charge in [0.05, 0.1) is 5.01 Å². The zero-order valence-corrected chi connectivity index (χ0v) is 12.8. The van der Waals surface area contributed by atoms with Crippen molar-refractivity contribution >= 4 is 11.3 Å². The van der Waals surface area contributed by atoms with Crippen LogP contribution in [0.2, 0.25) is 0 Å². The third-order valence-electron chi connectivity index (χ3n) is 4.06. The number of aromatic nitrogens is 3. The second-order valence-electron chi connectivity index (χ2n) is 5.56. The summed E-state index contributed by atoms with van der Waals surface area (Å²) in [7, 11) is 2.04. The molecule has 1 aliphatic carbocycles. The van der Waals surface area contributed by atoms with Crippen molar-refractivity contribution in [2.24, 2.45) is 12.8 Å². The molecule has 108 valence electrons. The lowest BCUT2D eigenvalue weighted by Gasteiger charge is -2.21. The molecule has 2 N–H and O–H groups in total. The number of thiazole rings is 1. The Morgan fingerprint density at radius 1 is 1.35 bits per heavy atom. The van der Waals surface area contributed by atoms with Gasteiger partial charge in [-0.05, 0) is 25.3 Å². The van der Waals surface area contributed by atoms with Gasteiger partial charge in [0.2, 0.25) is 0 Å². The van der Waals surface area contributed by atoms with E-state index in [9.17, 15) is 0 Å². The highest BCUT2D eigenvalue weighted by Crippen LogP contribution is 2.40. The van der Waals surface area contributed by atoms with Crippen LogP contribution in [0, 0.1) is 0 Å². The predicted octanol–water partition coefficient (Wildman–Crippen LogP) is 3.09. The SMILES string of the molecule is Cn1ccnc1-c1nc(CCN)sc1C1CCCCC1. The van der Waals surface area contributed by atoms with Crippen molar-refractivity contribution in [3.8, 4) is 11.5 Å². The average Bonchev–Trinajstić information content (AvgIpc) is 3.06. The van der Waals surface area contributed by atoms with Crippen LogP contribution in [0.3, 0.4) is 0 Å². The van der Waals surface area contributed by atoms with Gasteiger partial charge in [0.1, 0.15) is 5.69 Å². The van der Waals surface area contributed by atoms with Gasteiger partial charge in [-0.1, -0.05) is 19.3 Å². The zero-order valence-electron chi connectivity index (χ0n) is 12.0. The van der Waals surface area contributed by atoms with Crippen LogP contribution >= 0.6 is 11.3 Å². The zero-order chi connectivity index (χ0) is 13.9. The maximum atomic E-state index is 5.69. The number of rotatable bonds is 4. The van der Waals surface area contributed by atoms with Gasteiger partial charge in [-0.3, -0.25) is 0 Å². The molecule has 0 saturated heterocycles. The van der Waals surface area contributed by atoms with E-state index in [-0.39, 0.29) is 0 Å². The van der Waals surface area contributed by atoms with Crippen LogP contribution in [0.5, 0.6) is 0 Å². The van der Waals surface area contributed by atoms with Gasteiger partial charge < -0.3 is 10.3 Å². The Kier molecular flexibility index (Phi) is 4.17. The molecule has 0 aromatic carbocycles. The Morgan fingerprint density at radius 2 is 2.15 bits per heavy atom. The second kappa shape index (κ2) is 6.06. The van der Waals surface area contributed by atoms with Crippen LogP contribution in [0.15, 0.2) is 12.4 Å². The molecule has 2 heterocycles. The Bertz CT molecular complexity index is 566. The van der Waals surface area contributed by atoms with Gasteiger partial charge in [-0.2, -0.15) is 0 Å². The van der Waals surface area contributed by atoms with E-state index in [1.807, 2.05) is 30.8 Å². The van der Waals surface area contributed by atoms with E-state index in [4.69, 9.17) is 10.7 Å². The molecule has 0 unspecified atom stereocenters. The molecule has 0 spiro atoms. The smallest absolute Gasteiger partial charge is 0.159 e. The monoisotopic (exact) mass is 290 g/mol. The Balaban J connectivity index is 2.00. The first-order valence-corrected chi connectivity index (χ1v) is 8.28. The number of imidazole rings is 1. The maximum absolute atomic E-state index is 5.69. The van der Waals surface area contributed by atoms with Crippen molar-refractivity contribution in [1.82, 2.24) is 14.5 Å². The van der Waals surface area contributed by atoms with E-state index >= 15 is 0 Å².